The van der Waals surface area contributed by atoms with Crippen LogP contribution in [0.25, 0.3) is 0 Å². The Morgan fingerprint density at radius 2 is 1.30 bits per heavy atom. The molecule has 0 heterocycles. The third-order valence-electron chi connectivity index (χ3n) is 7.38. The molecular weight excluding hydrogens is 540 g/mol. The molecule has 0 aromatic heterocycles. The van der Waals surface area contributed by atoms with E-state index in [1.807, 2.05) is 91.0 Å². The molecule has 1 atom stereocenters. The molecule has 4 rings (SSSR count). The summed E-state index contributed by atoms with van der Waals surface area (Å²) in [6, 6.07) is 29.0. The number of benzene rings is 3. The molecule has 2 N–H and O–H groups in total. The first-order valence-corrected chi connectivity index (χ1v) is 15.0. The van der Waals surface area contributed by atoms with Crippen molar-refractivity contribution in [2.45, 2.75) is 82.6 Å². The van der Waals surface area contributed by atoms with Crippen LogP contribution in [-0.4, -0.2) is 35.7 Å². The maximum Gasteiger partial charge on any atom is 0.408 e. The molecule has 1 aliphatic carbocycles. The van der Waals surface area contributed by atoms with Crippen molar-refractivity contribution in [1.29, 1.82) is 0 Å². The zero-order chi connectivity index (χ0) is 30.7. The molecule has 1 saturated carbocycles. The minimum Gasteiger partial charge on any atom is -0.459 e. The van der Waals surface area contributed by atoms with Crippen molar-refractivity contribution >= 4 is 18.0 Å². The summed E-state index contributed by atoms with van der Waals surface area (Å²) in [7, 11) is 0. The number of amides is 2. The summed E-state index contributed by atoms with van der Waals surface area (Å²) in [5.41, 5.74) is 1.10. The van der Waals surface area contributed by atoms with Gasteiger partial charge in [0.25, 0.3) is 0 Å². The van der Waals surface area contributed by atoms with Crippen LogP contribution in [0.1, 0.15) is 76.0 Å². The average molecular weight is 583 g/mol. The molecule has 3 aromatic carbocycles. The summed E-state index contributed by atoms with van der Waals surface area (Å²) in [4.78, 5) is 38.9. The number of alkyl carbamates (subject to hydrolysis) is 1. The van der Waals surface area contributed by atoms with Crippen molar-refractivity contribution in [2.75, 3.05) is 0 Å². The number of carbonyl (C=O) groups excluding carboxylic acids is 3. The Hall–Kier alpha value is -4.39. The molecular formula is C36H42N2O5. The van der Waals surface area contributed by atoms with E-state index in [1.165, 1.54) is 6.08 Å². The molecule has 1 aliphatic rings. The maximum absolute atomic E-state index is 13.8. The molecule has 0 bridgehead atoms. The quantitative estimate of drug-likeness (QED) is 0.147. The van der Waals surface area contributed by atoms with Crippen molar-refractivity contribution in [1.82, 2.24) is 10.6 Å². The molecule has 0 spiro atoms. The van der Waals surface area contributed by atoms with E-state index in [0.717, 1.165) is 42.4 Å². The van der Waals surface area contributed by atoms with E-state index in [2.05, 4.69) is 10.6 Å². The Bertz CT molecular complexity index is 1260. The number of hydrogen-bond donors (Lipinski definition) is 2. The van der Waals surface area contributed by atoms with Crippen molar-refractivity contribution in [2.24, 2.45) is 0 Å². The smallest absolute Gasteiger partial charge is 0.408 e. The monoisotopic (exact) mass is 582 g/mol. The molecule has 0 saturated heterocycles. The number of rotatable bonds is 11. The Kier molecular flexibility index (Phi) is 10.8. The number of ether oxygens (including phenoxy) is 2. The molecule has 7 nitrogen and oxygen atoms in total. The van der Waals surface area contributed by atoms with Gasteiger partial charge in [-0.1, -0.05) is 97.1 Å². The first-order valence-electron chi connectivity index (χ1n) is 15.0. The van der Waals surface area contributed by atoms with Gasteiger partial charge in [0.2, 0.25) is 5.91 Å². The minimum atomic E-state index is -0.949. The van der Waals surface area contributed by atoms with Gasteiger partial charge in [-0.2, -0.15) is 0 Å². The zero-order valence-corrected chi connectivity index (χ0v) is 25.3. The average Bonchev–Trinajstić information content (AvgIpc) is 3.50. The van der Waals surface area contributed by atoms with Crippen molar-refractivity contribution in [3.63, 3.8) is 0 Å². The Morgan fingerprint density at radius 3 is 1.77 bits per heavy atom. The summed E-state index contributed by atoms with van der Waals surface area (Å²) in [5, 5.41) is 6.14. The summed E-state index contributed by atoms with van der Waals surface area (Å²) < 4.78 is 11.0. The van der Waals surface area contributed by atoms with E-state index in [9.17, 15) is 14.4 Å². The molecule has 7 heteroatoms. The lowest BCUT2D eigenvalue weighted by molar-refractivity contribution is -0.142. The van der Waals surface area contributed by atoms with Gasteiger partial charge in [0.15, 0.2) is 0 Å². The van der Waals surface area contributed by atoms with Gasteiger partial charge in [-0.25, -0.2) is 9.59 Å². The zero-order valence-electron chi connectivity index (χ0n) is 25.3. The van der Waals surface area contributed by atoms with Gasteiger partial charge in [0, 0.05) is 12.5 Å². The molecule has 0 radical (unpaired) electrons. The Labute approximate surface area is 254 Å². The van der Waals surface area contributed by atoms with Gasteiger partial charge < -0.3 is 20.1 Å². The van der Waals surface area contributed by atoms with Crippen LogP contribution in [-0.2, 0) is 24.6 Å². The lowest BCUT2D eigenvalue weighted by Gasteiger charge is -2.37. The molecule has 0 unspecified atom stereocenters. The third-order valence-corrected chi connectivity index (χ3v) is 7.38. The van der Waals surface area contributed by atoms with E-state index in [-0.39, 0.29) is 24.9 Å². The second-order valence-electron chi connectivity index (χ2n) is 11.9. The number of esters is 1. The Balaban J connectivity index is 1.56. The van der Waals surface area contributed by atoms with Crippen LogP contribution in [0.3, 0.4) is 0 Å². The highest BCUT2D eigenvalue weighted by atomic mass is 16.6. The normalized spacial score (nSPS) is 14.7. The second kappa shape index (κ2) is 14.7. The first-order chi connectivity index (χ1) is 20.7. The molecule has 226 valence electrons. The highest BCUT2D eigenvalue weighted by molar-refractivity contribution is 5.82. The van der Waals surface area contributed by atoms with E-state index < -0.39 is 29.2 Å². The van der Waals surface area contributed by atoms with Crippen LogP contribution in [0.2, 0.25) is 0 Å². The molecule has 2 amide bonds. The highest BCUT2D eigenvalue weighted by Gasteiger charge is 2.37. The SMILES string of the molecule is CC(C)(C)OC(=O)N[C@H](/C=C/C(=O)OC1CCCC1)CCC(=O)NC(c1ccccc1)(c1ccccc1)c1ccccc1. The molecule has 1 fully saturated rings. The second-order valence-corrected chi connectivity index (χ2v) is 11.9. The third kappa shape index (κ3) is 9.05. The summed E-state index contributed by atoms with van der Waals surface area (Å²) in [5.74, 6) is -0.668. The van der Waals surface area contributed by atoms with Crippen LogP contribution in [0, 0.1) is 0 Å². The fraction of sp³-hybridized carbons (Fsp3) is 0.361. The standard InChI is InChI=1S/C36H42N2O5/c1-35(2,3)43-34(41)37-30(24-26-33(40)42-31-21-13-14-22-31)23-25-32(39)38-36(27-15-7-4-8-16-27,28-17-9-5-10-18-28)29-19-11-6-12-20-29/h4-12,15-20,24,26,30-31H,13-14,21-23,25H2,1-3H3,(H,37,41)(H,38,39)/b26-24+/t30-/m0/s1. The largest absolute Gasteiger partial charge is 0.459 e. The van der Waals surface area contributed by atoms with Gasteiger partial charge in [-0.3, -0.25) is 4.79 Å². The first kappa shape index (κ1) is 31.5. The lowest BCUT2D eigenvalue weighted by atomic mass is 9.77. The molecule has 43 heavy (non-hydrogen) atoms. The predicted octanol–water partition coefficient (Wildman–Crippen LogP) is 6.81. The van der Waals surface area contributed by atoms with E-state index >= 15 is 0 Å². The summed E-state index contributed by atoms with van der Waals surface area (Å²) in [6.07, 6.45) is 6.38. The highest BCUT2D eigenvalue weighted by Crippen LogP contribution is 2.37. The van der Waals surface area contributed by atoms with E-state index in [4.69, 9.17) is 9.47 Å². The minimum absolute atomic E-state index is 0.0673. The Morgan fingerprint density at radius 1 is 0.814 bits per heavy atom. The lowest BCUT2D eigenvalue weighted by Crippen LogP contribution is -2.48. The predicted molar refractivity (Wildman–Crippen MR) is 167 cm³/mol. The fourth-order valence-electron chi connectivity index (χ4n) is 5.42. The van der Waals surface area contributed by atoms with Gasteiger partial charge in [-0.15, -0.1) is 0 Å². The van der Waals surface area contributed by atoms with Crippen LogP contribution in [0.4, 0.5) is 4.79 Å². The van der Waals surface area contributed by atoms with Gasteiger partial charge in [-0.05, 0) is 69.6 Å². The number of carbonyl (C=O) groups is 3. The molecule has 3 aromatic rings. The maximum atomic E-state index is 13.8. The summed E-state index contributed by atoms with van der Waals surface area (Å²) >= 11 is 0. The van der Waals surface area contributed by atoms with Crippen LogP contribution in [0.15, 0.2) is 103 Å². The van der Waals surface area contributed by atoms with Gasteiger partial charge >= 0.3 is 12.1 Å². The van der Waals surface area contributed by atoms with Crippen molar-refractivity contribution in [3.05, 3.63) is 120 Å². The topological polar surface area (TPSA) is 93.7 Å². The molecule has 0 aliphatic heterocycles. The van der Waals surface area contributed by atoms with Crippen molar-refractivity contribution in [3.8, 4) is 0 Å². The van der Waals surface area contributed by atoms with Gasteiger partial charge in [0.05, 0.1) is 6.04 Å². The van der Waals surface area contributed by atoms with E-state index in [0.29, 0.717) is 0 Å². The van der Waals surface area contributed by atoms with Gasteiger partial charge in [0.1, 0.15) is 17.2 Å². The van der Waals surface area contributed by atoms with E-state index in [1.54, 1.807) is 26.8 Å². The summed E-state index contributed by atoms with van der Waals surface area (Å²) in [6.45, 7) is 5.33. The van der Waals surface area contributed by atoms with Crippen LogP contribution < -0.4 is 10.6 Å². The van der Waals surface area contributed by atoms with Crippen LogP contribution >= 0.6 is 0 Å². The van der Waals surface area contributed by atoms with Crippen molar-refractivity contribution < 1.29 is 23.9 Å². The number of nitrogens with one attached hydrogen (secondary N) is 2. The number of hydrogen-bond acceptors (Lipinski definition) is 5. The fourth-order valence-corrected chi connectivity index (χ4v) is 5.42. The van der Waals surface area contributed by atoms with Crippen LogP contribution in [0.5, 0.6) is 0 Å².